The van der Waals surface area contributed by atoms with E-state index in [1.807, 2.05) is 0 Å². The first-order valence-corrected chi connectivity index (χ1v) is 9.78. The molecule has 3 heteroatoms. The molecule has 2 nitrogen and oxygen atoms in total. The van der Waals surface area contributed by atoms with E-state index in [2.05, 4.69) is 30.9 Å². The van der Waals surface area contributed by atoms with Crippen molar-refractivity contribution in [1.82, 2.24) is 5.32 Å². The van der Waals surface area contributed by atoms with Crippen molar-refractivity contribution in [1.29, 1.82) is 0 Å². The zero-order chi connectivity index (χ0) is 14.1. The minimum absolute atomic E-state index is 0.242. The second-order valence-electron chi connectivity index (χ2n) is 7.48. The molecule has 1 saturated carbocycles. The van der Waals surface area contributed by atoms with E-state index < -0.39 is 0 Å². The monoisotopic (exact) mass is 297 g/mol. The highest BCUT2D eigenvalue weighted by Gasteiger charge is 2.50. The lowest BCUT2D eigenvalue weighted by Crippen LogP contribution is -2.51. The van der Waals surface area contributed by atoms with Crippen LogP contribution < -0.4 is 5.32 Å². The molecule has 3 rings (SSSR count). The first-order valence-electron chi connectivity index (χ1n) is 8.63. The van der Waals surface area contributed by atoms with Gasteiger partial charge in [-0.25, -0.2) is 0 Å². The summed E-state index contributed by atoms with van der Waals surface area (Å²) in [6.45, 7) is 6.96. The number of rotatable bonds is 5. The average molecular weight is 298 g/mol. The SMILES string of the molecule is CCCNC(C1CCOC2(CCSCC2)C1)C1(C)CC1. The predicted octanol–water partition coefficient (Wildman–Crippen LogP) is 3.85. The van der Waals surface area contributed by atoms with Crippen LogP contribution in [0.2, 0.25) is 0 Å². The van der Waals surface area contributed by atoms with Crippen molar-refractivity contribution in [3.8, 4) is 0 Å². The smallest absolute Gasteiger partial charge is 0.0701 e. The number of ether oxygens (including phenoxy) is 1. The standard InChI is InChI=1S/C17H31NOS/c1-3-9-18-15(16(2)5-6-16)14-4-10-19-17(13-14)7-11-20-12-8-17/h14-15,18H,3-13H2,1-2H3. The van der Waals surface area contributed by atoms with Crippen LogP contribution in [0.1, 0.15) is 58.8 Å². The lowest BCUT2D eigenvalue weighted by Gasteiger charge is -2.46. The summed E-state index contributed by atoms with van der Waals surface area (Å²) < 4.78 is 6.28. The van der Waals surface area contributed by atoms with E-state index in [9.17, 15) is 0 Å². The van der Waals surface area contributed by atoms with Gasteiger partial charge >= 0.3 is 0 Å². The fraction of sp³-hybridized carbons (Fsp3) is 1.00. The Bertz CT molecular complexity index is 317. The molecule has 116 valence electrons. The van der Waals surface area contributed by atoms with Gasteiger partial charge in [-0.3, -0.25) is 0 Å². The van der Waals surface area contributed by atoms with Crippen molar-refractivity contribution in [2.75, 3.05) is 24.7 Å². The zero-order valence-electron chi connectivity index (χ0n) is 13.2. The molecule has 3 fully saturated rings. The van der Waals surface area contributed by atoms with Crippen LogP contribution in [0.4, 0.5) is 0 Å². The number of thioether (sulfide) groups is 1. The normalized spacial score (nSPS) is 33.0. The van der Waals surface area contributed by atoms with Gasteiger partial charge in [0.25, 0.3) is 0 Å². The van der Waals surface area contributed by atoms with Gasteiger partial charge in [0.1, 0.15) is 0 Å². The summed E-state index contributed by atoms with van der Waals surface area (Å²) in [7, 11) is 0. The van der Waals surface area contributed by atoms with Crippen LogP contribution in [-0.2, 0) is 4.74 Å². The van der Waals surface area contributed by atoms with Crippen molar-refractivity contribution in [3.05, 3.63) is 0 Å². The lowest BCUT2D eigenvalue weighted by atomic mass is 9.74. The summed E-state index contributed by atoms with van der Waals surface area (Å²) in [5.41, 5.74) is 0.827. The topological polar surface area (TPSA) is 21.3 Å². The van der Waals surface area contributed by atoms with Gasteiger partial charge in [0.2, 0.25) is 0 Å². The molecular weight excluding hydrogens is 266 g/mol. The highest BCUT2D eigenvalue weighted by Crippen LogP contribution is 2.53. The Kier molecular flexibility index (Phi) is 4.69. The first-order chi connectivity index (χ1) is 9.68. The molecule has 1 N–H and O–H groups in total. The number of nitrogens with one attached hydrogen (secondary N) is 1. The van der Waals surface area contributed by atoms with E-state index >= 15 is 0 Å². The summed E-state index contributed by atoms with van der Waals surface area (Å²) in [6.07, 6.45) is 9.24. The van der Waals surface area contributed by atoms with Crippen LogP contribution in [0.15, 0.2) is 0 Å². The molecule has 1 spiro atoms. The van der Waals surface area contributed by atoms with Gasteiger partial charge in [0, 0.05) is 12.6 Å². The fourth-order valence-electron chi connectivity index (χ4n) is 4.23. The molecule has 0 radical (unpaired) electrons. The maximum Gasteiger partial charge on any atom is 0.0701 e. The third-order valence-electron chi connectivity index (χ3n) is 5.81. The van der Waals surface area contributed by atoms with Gasteiger partial charge in [-0.2, -0.15) is 11.8 Å². The summed E-state index contributed by atoms with van der Waals surface area (Å²) >= 11 is 2.11. The summed E-state index contributed by atoms with van der Waals surface area (Å²) in [5.74, 6) is 3.44. The number of hydrogen-bond acceptors (Lipinski definition) is 3. The molecule has 0 amide bonds. The number of hydrogen-bond donors (Lipinski definition) is 1. The maximum atomic E-state index is 6.28. The molecule has 20 heavy (non-hydrogen) atoms. The van der Waals surface area contributed by atoms with E-state index in [1.165, 1.54) is 63.0 Å². The molecule has 2 aliphatic heterocycles. The van der Waals surface area contributed by atoms with Crippen LogP contribution >= 0.6 is 11.8 Å². The Hall–Kier alpha value is 0.270. The maximum absolute atomic E-state index is 6.28. The van der Waals surface area contributed by atoms with E-state index in [0.29, 0.717) is 5.41 Å². The first kappa shape index (κ1) is 15.2. The molecule has 0 bridgehead atoms. The van der Waals surface area contributed by atoms with Gasteiger partial charge in [0.15, 0.2) is 0 Å². The quantitative estimate of drug-likeness (QED) is 0.833. The van der Waals surface area contributed by atoms with Gasteiger partial charge in [0.05, 0.1) is 5.60 Å². The summed E-state index contributed by atoms with van der Waals surface area (Å²) in [6, 6.07) is 0.734. The van der Waals surface area contributed by atoms with Crippen molar-refractivity contribution in [2.45, 2.75) is 70.4 Å². The lowest BCUT2D eigenvalue weighted by molar-refractivity contribution is -0.110. The van der Waals surface area contributed by atoms with E-state index in [-0.39, 0.29) is 5.60 Å². The largest absolute Gasteiger partial charge is 0.375 e. The third-order valence-corrected chi connectivity index (χ3v) is 6.80. The van der Waals surface area contributed by atoms with Crippen molar-refractivity contribution in [2.24, 2.45) is 11.3 Å². The Labute approximate surface area is 128 Å². The van der Waals surface area contributed by atoms with Crippen molar-refractivity contribution in [3.63, 3.8) is 0 Å². The van der Waals surface area contributed by atoms with Crippen molar-refractivity contribution < 1.29 is 4.74 Å². The molecular formula is C17H31NOS. The highest BCUT2D eigenvalue weighted by atomic mass is 32.2. The second kappa shape index (κ2) is 6.18. The Morgan fingerprint density at radius 3 is 2.65 bits per heavy atom. The minimum atomic E-state index is 0.242. The van der Waals surface area contributed by atoms with E-state index in [1.54, 1.807) is 0 Å². The Morgan fingerprint density at radius 1 is 1.25 bits per heavy atom. The molecule has 2 atom stereocenters. The molecule has 1 aliphatic carbocycles. The van der Waals surface area contributed by atoms with Crippen LogP contribution in [0.5, 0.6) is 0 Å². The molecule has 2 unspecified atom stereocenters. The van der Waals surface area contributed by atoms with E-state index in [4.69, 9.17) is 4.74 Å². The fourth-order valence-corrected chi connectivity index (χ4v) is 5.47. The van der Waals surface area contributed by atoms with Gasteiger partial charge in [-0.05, 0) is 74.3 Å². The summed E-state index contributed by atoms with van der Waals surface area (Å²) in [4.78, 5) is 0. The van der Waals surface area contributed by atoms with Crippen LogP contribution in [0.3, 0.4) is 0 Å². The van der Waals surface area contributed by atoms with Gasteiger partial charge in [-0.15, -0.1) is 0 Å². The van der Waals surface area contributed by atoms with Crippen LogP contribution in [-0.4, -0.2) is 36.3 Å². The molecule has 3 aliphatic rings. The molecule has 0 aromatic carbocycles. The Balaban J connectivity index is 1.67. The molecule has 0 aromatic heterocycles. The predicted molar refractivity (Wildman–Crippen MR) is 87.4 cm³/mol. The summed E-state index contributed by atoms with van der Waals surface area (Å²) in [5, 5.41) is 3.90. The average Bonchev–Trinajstić information content (AvgIpc) is 3.19. The van der Waals surface area contributed by atoms with Crippen LogP contribution in [0, 0.1) is 11.3 Å². The van der Waals surface area contributed by atoms with Gasteiger partial charge in [-0.1, -0.05) is 13.8 Å². The van der Waals surface area contributed by atoms with Gasteiger partial charge < -0.3 is 10.1 Å². The highest BCUT2D eigenvalue weighted by molar-refractivity contribution is 7.99. The van der Waals surface area contributed by atoms with Crippen molar-refractivity contribution >= 4 is 11.8 Å². The molecule has 2 saturated heterocycles. The second-order valence-corrected chi connectivity index (χ2v) is 8.71. The van der Waals surface area contributed by atoms with Crippen LogP contribution in [0.25, 0.3) is 0 Å². The molecule has 0 aromatic rings. The minimum Gasteiger partial charge on any atom is -0.375 e. The van der Waals surface area contributed by atoms with E-state index in [0.717, 1.165) is 18.6 Å². The zero-order valence-corrected chi connectivity index (χ0v) is 14.1. The molecule has 2 heterocycles. The Morgan fingerprint density at radius 2 is 2.00 bits per heavy atom. The third kappa shape index (κ3) is 3.20.